The van der Waals surface area contributed by atoms with Gasteiger partial charge < -0.3 is 24.5 Å². The Kier molecular flexibility index (Phi) is 11.0. The third-order valence-corrected chi connectivity index (χ3v) is 0.673. The van der Waals surface area contributed by atoms with Gasteiger partial charge in [-0.3, -0.25) is 0 Å². The maximum Gasteiger partial charge on any atom is 0.333 e. The van der Waals surface area contributed by atoms with Gasteiger partial charge in [0.05, 0.1) is 6.61 Å². The normalized spacial score (nSPS) is 8.77. The van der Waals surface area contributed by atoms with Crippen molar-refractivity contribution in [1.82, 2.24) is 0 Å². The highest BCUT2D eigenvalue weighted by Crippen LogP contribution is 2.11. The van der Waals surface area contributed by atoms with E-state index in [2.05, 4.69) is 11.3 Å². The van der Waals surface area contributed by atoms with Crippen molar-refractivity contribution in [1.29, 1.82) is 0 Å². The molecule has 4 N–H and O–H groups in total. The average molecular weight is 212 g/mol. The van der Waals surface area contributed by atoms with Gasteiger partial charge in [-0.1, -0.05) is 6.58 Å². The van der Waals surface area contributed by atoms with Crippen LogP contribution in [0.4, 0.5) is 0 Å². The van der Waals surface area contributed by atoms with E-state index in [4.69, 9.17) is 19.8 Å². The van der Waals surface area contributed by atoms with Crippen molar-refractivity contribution < 1.29 is 29.3 Å². The Bertz CT molecular complexity index is 154. The standard InChI is InChI=1S/C6H10O3.H3O3P/c1-5(2)6(8)9-4-3-7;1-4(2)3/h7H,1,3-4H2,2H3;1-3H. The quantitative estimate of drug-likeness (QED) is 0.279. The van der Waals surface area contributed by atoms with Gasteiger partial charge in [-0.15, -0.1) is 0 Å². The monoisotopic (exact) mass is 212 g/mol. The van der Waals surface area contributed by atoms with Gasteiger partial charge in [-0.25, -0.2) is 4.79 Å². The van der Waals surface area contributed by atoms with Crippen LogP contribution in [0.15, 0.2) is 12.2 Å². The molecule has 0 bridgehead atoms. The van der Waals surface area contributed by atoms with E-state index in [1.807, 2.05) is 0 Å². The molecule has 0 fully saturated rings. The van der Waals surface area contributed by atoms with Gasteiger partial charge in [0.2, 0.25) is 0 Å². The third-order valence-electron chi connectivity index (χ3n) is 0.673. The fourth-order valence-corrected chi connectivity index (χ4v) is 0.262. The Labute approximate surface area is 77.1 Å². The summed E-state index contributed by atoms with van der Waals surface area (Å²) in [5.41, 5.74) is 0.350. The summed E-state index contributed by atoms with van der Waals surface area (Å²) in [4.78, 5) is 32.2. The van der Waals surface area contributed by atoms with Crippen LogP contribution in [0.2, 0.25) is 0 Å². The van der Waals surface area contributed by atoms with Gasteiger partial charge in [0.1, 0.15) is 6.61 Å². The molecule has 0 saturated heterocycles. The van der Waals surface area contributed by atoms with E-state index in [0.29, 0.717) is 5.57 Å². The summed E-state index contributed by atoms with van der Waals surface area (Å²) in [7, 11) is -2.62. The van der Waals surface area contributed by atoms with Crippen molar-refractivity contribution in [3.05, 3.63) is 12.2 Å². The molecule has 0 heterocycles. The number of carbonyl (C=O) groups excluding carboxylic acids is 1. The van der Waals surface area contributed by atoms with Gasteiger partial charge in [0, 0.05) is 5.57 Å². The van der Waals surface area contributed by atoms with E-state index >= 15 is 0 Å². The first-order valence-electron chi connectivity index (χ1n) is 3.22. The lowest BCUT2D eigenvalue weighted by Gasteiger charge is -1.99. The maximum absolute atomic E-state index is 10.5. The van der Waals surface area contributed by atoms with E-state index in [1.165, 1.54) is 0 Å². The summed E-state index contributed by atoms with van der Waals surface area (Å²) < 4.78 is 4.46. The van der Waals surface area contributed by atoms with Crippen LogP contribution in [-0.2, 0) is 9.53 Å². The number of ether oxygens (including phenoxy) is 1. The number of hydrogen-bond acceptors (Lipinski definition) is 6. The molecule has 0 rings (SSSR count). The molecule has 78 valence electrons. The van der Waals surface area contributed by atoms with Crippen molar-refractivity contribution in [3.8, 4) is 0 Å². The molecule has 0 amide bonds. The first-order valence-corrected chi connectivity index (χ1v) is 4.42. The molecule has 0 aromatic heterocycles. The first kappa shape index (κ1) is 15.0. The second kappa shape index (κ2) is 9.57. The molecule has 0 aliphatic carbocycles. The number of aliphatic hydroxyl groups excluding tert-OH is 1. The van der Waals surface area contributed by atoms with Crippen LogP contribution in [0.25, 0.3) is 0 Å². The molecule has 6 nitrogen and oxygen atoms in total. The van der Waals surface area contributed by atoms with Crippen LogP contribution in [0.5, 0.6) is 0 Å². The fraction of sp³-hybridized carbons (Fsp3) is 0.500. The van der Waals surface area contributed by atoms with Crippen LogP contribution in [0.1, 0.15) is 6.92 Å². The summed E-state index contributed by atoms with van der Waals surface area (Å²) in [6.45, 7) is 4.81. The molecule has 0 saturated carbocycles. The maximum atomic E-state index is 10.5. The zero-order chi connectivity index (χ0) is 10.9. The first-order chi connectivity index (χ1) is 5.91. The topological polar surface area (TPSA) is 107 Å². The Hall–Kier alpha value is -0.520. The Morgan fingerprint density at radius 1 is 1.46 bits per heavy atom. The smallest absolute Gasteiger partial charge is 0.333 e. The molecular weight excluding hydrogens is 199 g/mol. The van der Waals surface area contributed by atoms with E-state index in [-0.39, 0.29) is 13.2 Å². The lowest BCUT2D eigenvalue weighted by molar-refractivity contribution is -0.139. The minimum absolute atomic E-state index is 0.0473. The van der Waals surface area contributed by atoms with Crippen molar-refractivity contribution >= 4 is 14.6 Å². The average Bonchev–Trinajstić information content (AvgIpc) is 1.98. The molecule has 13 heavy (non-hydrogen) atoms. The number of esters is 1. The molecule has 0 aliphatic rings. The highest BCUT2D eigenvalue weighted by Gasteiger charge is 1.99. The second-order valence-electron chi connectivity index (χ2n) is 1.91. The summed E-state index contributed by atoms with van der Waals surface area (Å²) in [5, 5.41) is 8.19. The number of carbonyl (C=O) groups is 1. The summed E-state index contributed by atoms with van der Waals surface area (Å²) in [6.07, 6.45) is 0. The summed E-state index contributed by atoms with van der Waals surface area (Å²) in [6, 6.07) is 0. The molecule has 7 heteroatoms. The minimum Gasteiger partial charge on any atom is -0.460 e. The summed E-state index contributed by atoms with van der Waals surface area (Å²) in [5.74, 6) is -0.455. The zero-order valence-electron chi connectivity index (χ0n) is 7.17. The van der Waals surface area contributed by atoms with Crippen molar-refractivity contribution in [2.45, 2.75) is 6.92 Å². The van der Waals surface area contributed by atoms with Crippen LogP contribution in [-0.4, -0.2) is 39.0 Å². The third kappa shape index (κ3) is 18.4. The highest BCUT2D eigenvalue weighted by atomic mass is 31.2. The largest absolute Gasteiger partial charge is 0.460 e. The molecule has 0 aliphatic heterocycles. The molecule has 0 aromatic carbocycles. The highest BCUT2D eigenvalue weighted by molar-refractivity contribution is 7.38. The van der Waals surface area contributed by atoms with Crippen molar-refractivity contribution in [2.24, 2.45) is 0 Å². The van der Waals surface area contributed by atoms with E-state index in [0.717, 1.165) is 0 Å². The lowest BCUT2D eigenvalue weighted by Crippen LogP contribution is -2.08. The van der Waals surface area contributed by atoms with Gasteiger partial charge in [-0.05, 0) is 6.92 Å². The van der Waals surface area contributed by atoms with Gasteiger partial charge in [-0.2, -0.15) is 0 Å². The minimum atomic E-state index is -2.62. The van der Waals surface area contributed by atoms with Crippen LogP contribution >= 0.6 is 8.60 Å². The predicted octanol–water partition coefficient (Wildman–Crippen LogP) is -0.712. The molecule has 0 unspecified atom stereocenters. The van der Waals surface area contributed by atoms with E-state index < -0.39 is 14.6 Å². The van der Waals surface area contributed by atoms with Crippen LogP contribution in [0.3, 0.4) is 0 Å². The molecular formula is C6H13O6P. The predicted molar refractivity (Wildman–Crippen MR) is 46.4 cm³/mol. The second-order valence-corrected chi connectivity index (χ2v) is 2.44. The van der Waals surface area contributed by atoms with Crippen molar-refractivity contribution in [3.63, 3.8) is 0 Å². The van der Waals surface area contributed by atoms with Gasteiger partial charge in [0.25, 0.3) is 0 Å². The molecule has 0 radical (unpaired) electrons. The Balaban J connectivity index is 0. The summed E-state index contributed by atoms with van der Waals surface area (Å²) >= 11 is 0. The number of rotatable bonds is 3. The van der Waals surface area contributed by atoms with Gasteiger partial charge in [0.15, 0.2) is 0 Å². The van der Waals surface area contributed by atoms with Crippen LogP contribution in [0, 0.1) is 0 Å². The molecule has 0 aromatic rings. The Morgan fingerprint density at radius 2 is 1.85 bits per heavy atom. The van der Waals surface area contributed by atoms with Crippen LogP contribution < -0.4 is 0 Å². The molecule has 0 atom stereocenters. The van der Waals surface area contributed by atoms with E-state index in [1.54, 1.807) is 6.92 Å². The SMILES string of the molecule is C=C(C)C(=O)OCCO.OP(O)O. The van der Waals surface area contributed by atoms with Gasteiger partial charge >= 0.3 is 14.6 Å². The Morgan fingerprint density at radius 3 is 2.08 bits per heavy atom. The fourth-order valence-electron chi connectivity index (χ4n) is 0.262. The number of aliphatic hydroxyl groups is 1. The lowest BCUT2D eigenvalue weighted by atomic mass is 10.4. The van der Waals surface area contributed by atoms with Crippen molar-refractivity contribution in [2.75, 3.05) is 13.2 Å². The molecule has 0 spiro atoms. The number of hydrogen-bond donors (Lipinski definition) is 4. The zero-order valence-corrected chi connectivity index (χ0v) is 8.07. The van der Waals surface area contributed by atoms with E-state index in [9.17, 15) is 4.79 Å².